The molecular formula is C16H13F5N4O3S. The summed E-state index contributed by atoms with van der Waals surface area (Å²) < 4.78 is 93.2. The van der Waals surface area contributed by atoms with Gasteiger partial charge in [0.05, 0.1) is 4.90 Å². The third-order valence-corrected chi connectivity index (χ3v) is 5.54. The summed E-state index contributed by atoms with van der Waals surface area (Å²) in [6.07, 6.45) is 0. The van der Waals surface area contributed by atoms with Crippen LogP contribution in [-0.4, -0.2) is 50.5 Å². The molecule has 156 valence electrons. The summed E-state index contributed by atoms with van der Waals surface area (Å²) in [5.74, 6) is -7.59. The summed E-state index contributed by atoms with van der Waals surface area (Å²) >= 11 is 0. The second-order valence-corrected chi connectivity index (χ2v) is 7.69. The van der Waals surface area contributed by atoms with Crippen molar-refractivity contribution in [2.45, 2.75) is 4.90 Å². The first-order valence-corrected chi connectivity index (χ1v) is 9.60. The minimum absolute atomic E-state index is 0.185. The Labute approximate surface area is 161 Å². The Morgan fingerprint density at radius 1 is 0.897 bits per heavy atom. The van der Waals surface area contributed by atoms with Crippen LogP contribution < -0.4 is 9.62 Å². The van der Waals surface area contributed by atoms with Crippen LogP contribution in [0.4, 0.5) is 32.4 Å². The van der Waals surface area contributed by atoms with Crippen LogP contribution in [0.3, 0.4) is 0 Å². The van der Waals surface area contributed by atoms with Crippen LogP contribution in [-0.2, 0) is 10.0 Å². The fourth-order valence-corrected chi connectivity index (χ4v) is 3.71. The normalized spacial score (nSPS) is 14.8. The second-order valence-electron chi connectivity index (χ2n) is 6.01. The van der Waals surface area contributed by atoms with Gasteiger partial charge >= 0.3 is 6.03 Å². The maximum atomic E-state index is 13.8. The van der Waals surface area contributed by atoms with Gasteiger partial charge in [0.15, 0.2) is 0 Å². The molecule has 1 saturated heterocycles. The third kappa shape index (κ3) is 4.23. The Morgan fingerprint density at radius 3 is 1.93 bits per heavy atom. The summed E-state index contributed by atoms with van der Waals surface area (Å²) in [6, 6.07) is 2.76. The maximum Gasteiger partial charge on any atom is 0.331 e. The molecule has 0 saturated carbocycles. The number of urea groups is 1. The number of halogens is 5. The number of sulfonamides is 1. The number of nitrogens with zero attached hydrogens (tertiary/aromatic N) is 3. The van der Waals surface area contributed by atoms with Crippen LogP contribution in [0, 0.1) is 29.3 Å². The zero-order valence-corrected chi connectivity index (χ0v) is 15.3. The number of rotatable bonds is 3. The van der Waals surface area contributed by atoms with Gasteiger partial charge in [0.25, 0.3) is 21.9 Å². The smallest absolute Gasteiger partial charge is 0.331 e. The van der Waals surface area contributed by atoms with Crippen molar-refractivity contribution in [1.29, 1.82) is 0 Å². The first-order chi connectivity index (χ1) is 13.6. The van der Waals surface area contributed by atoms with Gasteiger partial charge in [0.1, 0.15) is 11.5 Å². The highest BCUT2D eigenvalue weighted by Crippen LogP contribution is 2.27. The molecule has 1 aliphatic heterocycles. The number of anilines is 1. The average molecular weight is 436 g/mol. The highest BCUT2D eigenvalue weighted by atomic mass is 32.2. The van der Waals surface area contributed by atoms with Crippen LogP contribution >= 0.6 is 0 Å². The molecule has 2 heterocycles. The summed E-state index contributed by atoms with van der Waals surface area (Å²) in [5, 5.41) is 0. The molecule has 1 aromatic carbocycles. The van der Waals surface area contributed by atoms with E-state index < -0.39 is 51.1 Å². The van der Waals surface area contributed by atoms with Gasteiger partial charge in [0, 0.05) is 26.2 Å². The monoisotopic (exact) mass is 436 g/mol. The lowest BCUT2D eigenvalue weighted by Gasteiger charge is -2.36. The fraction of sp³-hybridized carbons (Fsp3) is 0.250. The number of hydrogen-bond acceptors (Lipinski definition) is 5. The lowest BCUT2D eigenvalue weighted by atomic mass is 10.2. The molecule has 0 unspecified atom stereocenters. The van der Waals surface area contributed by atoms with Crippen molar-refractivity contribution >= 4 is 21.7 Å². The van der Waals surface area contributed by atoms with Crippen molar-refractivity contribution in [3.63, 3.8) is 0 Å². The van der Waals surface area contributed by atoms with E-state index in [2.05, 4.69) is 4.98 Å². The van der Waals surface area contributed by atoms with Crippen molar-refractivity contribution in [2.75, 3.05) is 31.1 Å². The number of nitrogens with one attached hydrogen (secondary N) is 1. The molecular weight excluding hydrogens is 423 g/mol. The Hall–Kier alpha value is -2.96. The van der Waals surface area contributed by atoms with Crippen molar-refractivity contribution in [2.24, 2.45) is 0 Å². The Morgan fingerprint density at radius 2 is 1.41 bits per heavy atom. The van der Waals surface area contributed by atoms with E-state index in [1.165, 1.54) is 0 Å². The van der Waals surface area contributed by atoms with E-state index in [4.69, 9.17) is 0 Å². The summed E-state index contributed by atoms with van der Waals surface area (Å²) in [6.45, 7) is -0.814. The lowest BCUT2D eigenvalue weighted by Crippen LogP contribution is -2.53. The molecule has 0 aliphatic carbocycles. The first-order valence-electron chi connectivity index (χ1n) is 8.12. The zero-order chi connectivity index (χ0) is 21.3. The van der Waals surface area contributed by atoms with E-state index in [-0.39, 0.29) is 31.1 Å². The number of piperazine rings is 1. The number of carbonyl (C=O) groups is 1. The number of amides is 2. The van der Waals surface area contributed by atoms with E-state index >= 15 is 0 Å². The molecule has 2 aromatic rings. The van der Waals surface area contributed by atoms with Gasteiger partial charge in [-0.15, -0.1) is 0 Å². The van der Waals surface area contributed by atoms with Gasteiger partial charge in [-0.2, -0.15) is 22.5 Å². The molecule has 13 heteroatoms. The second kappa shape index (κ2) is 7.81. The van der Waals surface area contributed by atoms with Gasteiger partial charge < -0.3 is 9.80 Å². The molecule has 1 fully saturated rings. The molecule has 3 rings (SSSR count). The topological polar surface area (TPSA) is 82.6 Å². The summed E-state index contributed by atoms with van der Waals surface area (Å²) in [7, 11) is -4.26. The first kappa shape index (κ1) is 20.8. The highest BCUT2D eigenvalue weighted by Gasteiger charge is 2.30. The molecule has 1 aliphatic rings. The van der Waals surface area contributed by atoms with Crippen molar-refractivity contribution < 1.29 is 35.2 Å². The molecule has 2 amide bonds. The lowest BCUT2D eigenvalue weighted by molar-refractivity contribution is 0.200. The van der Waals surface area contributed by atoms with Gasteiger partial charge in [-0.25, -0.2) is 22.3 Å². The molecule has 0 spiro atoms. The number of carbonyl (C=O) groups excluding carboxylic acids is 1. The van der Waals surface area contributed by atoms with E-state index in [1.807, 2.05) is 0 Å². The molecule has 29 heavy (non-hydrogen) atoms. The van der Waals surface area contributed by atoms with Gasteiger partial charge in [-0.3, -0.25) is 0 Å². The number of benzene rings is 1. The molecule has 7 nitrogen and oxygen atoms in total. The predicted molar refractivity (Wildman–Crippen MR) is 90.0 cm³/mol. The fourth-order valence-electron chi connectivity index (χ4n) is 2.74. The molecule has 0 bridgehead atoms. The molecule has 0 radical (unpaired) electrons. The van der Waals surface area contributed by atoms with Gasteiger partial charge in [-0.05, 0) is 24.3 Å². The Bertz CT molecular complexity index is 1020. The van der Waals surface area contributed by atoms with Gasteiger partial charge in [-0.1, -0.05) is 0 Å². The Balaban J connectivity index is 1.68. The maximum absolute atomic E-state index is 13.8. The summed E-state index contributed by atoms with van der Waals surface area (Å²) in [4.78, 5) is 16.4. The minimum atomic E-state index is -4.26. The largest absolute Gasteiger partial charge is 0.363 e. The standard InChI is InChI=1S/C16H13F5N4O3S/c17-9-1-3-10(4-2-9)29(27,28)23-16(26)25-7-5-24(6-8-25)13-11(18)14(20)22-15(21)12(13)19/h1-4H,5-8H2,(H,23,26). The van der Waals surface area contributed by atoms with E-state index in [9.17, 15) is 35.2 Å². The SMILES string of the molecule is O=C(NS(=O)(=O)c1ccc(F)cc1)N1CCN(c2c(F)c(F)nc(F)c2F)CC1. The average Bonchev–Trinajstić information content (AvgIpc) is 2.67. The predicted octanol–water partition coefficient (Wildman–Crippen LogP) is 2.00. The zero-order valence-electron chi connectivity index (χ0n) is 14.5. The highest BCUT2D eigenvalue weighted by molar-refractivity contribution is 7.90. The van der Waals surface area contributed by atoms with Crippen molar-refractivity contribution in [3.05, 3.63) is 53.6 Å². The van der Waals surface area contributed by atoms with E-state index in [0.717, 1.165) is 34.1 Å². The Kier molecular flexibility index (Phi) is 5.59. The molecule has 1 aromatic heterocycles. The summed E-state index contributed by atoms with van der Waals surface area (Å²) in [5.41, 5.74) is -0.950. The van der Waals surface area contributed by atoms with E-state index in [1.54, 1.807) is 4.72 Å². The third-order valence-electron chi connectivity index (χ3n) is 4.20. The number of hydrogen-bond donors (Lipinski definition) is 1. The minimum Gasteiger partial charge on any atom is -0.363 e. The van der Waals surface area contributed by atoms with Crippen LogP contribution in [0.1, 0.15) is 0 Å². The van der Waals surface area contributed by atoms with Crippen LogP contribution in [0.5, 0.6) is 0 Å². The van der Waals surface area contributed by atoms with Crippen molar-refractivity contribution in [1.82, 2.24) is 14.6 Å². The van der Waals surface area contributed by atoms with Crippen LogP contribution in [0.2, 0.25) is 0 Å². The quantitative estimate of drug-likeness (QED) is 0.588. The molecule has 1 N–H and O–H groups in total. The molecule has 0 atom stereocenters. The van der Waals surface area contributed by atoms with Crippen LogP contribution in [0.15, 0.2) is 29.2 Å². The van der Waals surface area contributed by atoms with Crippen molar-refractivity contribution in [3.8, 4) is 0 Å². The van der Waals surface area contributed by atoms with E-state index in [0.29, 0.717) is 0 Å². The van der Waals surface area contributed by atoms with Gasteiger partial charge in [0.2, 0.25) is 11.6 Å². The number of pyridine rings is 1. The number of aromatic nitrogens is 1. The van der Waals surface area contributed by atoms with Crippen LogP contribution in [0.25, 0.3) is 0 Å².